The molecule has 0 aromatic heterocycles. The van der Waals surface area contributed by atoms with Gasteiger partial charge in [-0.1, -0.05) is 24.3 Å². The van der Waals surface area contributed by atoms with Gasteiger partial charge in [0.15, 0.2) is 0 Å². The quantitative estimate of drug-likeness (QED) is 0.857. The maximum absolute atomic E-state index is 12.6. The fourth-order valence-corrected chi connectivity index (χ4v) is 4.65. The summed E-state index contributed by atoms with van der Waals surface area (Å²) in [5.74, 6) is 0.317. The summed E-state index contributed by atoms with van der Waals surface area (Å²) in [4.78, 5) is 29.1. The molecule has 1 aliphatic carbocycles. The molecule has 1 aromatic carbocycles. The highest BCUT2D eigenvalue weighted by Gasteiger charge is 2.47. The molecule has 4 heteroatoms. The van der Waals surface area contributed by atoms with Gasteiger partial charge in [-0.3, -0.25) is 9.59 Å². The second-order valence-corrected chi connectivity index (χ2v) is 7.56. The Hall–Kier alpha value is -1.84. The third kappa shape index (κ3) is 2.72. The van der Waals surface area contributed by atoms with E-state index in [0.29, 0.717) is 19.4 Å². The molecule has 0 N–H and O–H groups in total. The van der Waals surface area contributed by atoms with Crippen molar-refractivity contribution in [2.24, 2.45) is 0 Å². The highest BCUT2D eigenvalue weighted by Crippen LogP contribution is 2.45. The molecule has 1 aromatic rings. The molecule has 0 bridgehead atoms. The highest BCUT2D eigenvalue weighted by molar-refractivity contribution is 5.84. The number of benzene rings is 1. The number of rotatable bonds is 3. The summed E-state index contributed by atoms with van der Waals surface area (Å²) in [5.41, 5.74) is 2.77. The van der Waals surface area contributed by atoms with Crippen LogP contribution in [-0.4, -0.2) is 40.2 Å². The van der Waals surface area contributed by atoms with Gasteiger partial charge in [0.1, 0.15) is 0 Å². The first-order chi connectivity index (χ1) is 11.7. The molecule has 2 heterocycles. The monoisotopic (exact) mass is 326 g/mol. The zero-order valence-corrected chi connectivity index (χ0v) is 14.3. The smallest absolute Gasteiger partial charge is 0.223 e. The standard InChI is InChI=1S/C20H26N2O2/c23-18(21-14-9-16-5-1-2-6-17(16)15-21)7-8-19(24)22-13-4-12-20(22)10-3-11-20/h1-2,5-6H,3-4,7-15H2. The van der Waals surface area contributed by atoms with Crippen molar-refractivity contribution in [3.05, 3.63) is 35.4 Å². The van der Waals surface area contributed by atoms with Crippen LogP contribution in [0, 0.1) is 0 Å². The van der Waals surface area contributed by atoms with Gasteiger partial charge in [-0.2, -0.15) is 0 Å². The molecule has 4 rings (SSSR count). The fourth-order valence-electron chi connectivity index (χ4n) is 4.65. The Balaban J connectivity index is 1.32. The van der Waals surface area contributed by atoms with Gasteiger partial charge in [0.05, 0.1) is 0 Å². The van der Waals surface area contributed by atoms with Crippen molar-refractivity contribution < 1.29 is 9.59 Å². The van der Waals surface area contributed by atoms with Crippen molar-refractivity contribution in [1.29, 1.82) is 0 Å². The van der Waals surface area contributed by atoms with Gasteiger partial charge in [0.2, 0.25) is 11.8 Å². The Bertz CT molecular complexity index is 651. The molecule has 24 heavy (non-hydrogen) atoms. The Labute approximate surface area is 143 Å². The summed E-state index contributed by atoms with van der Waals surface area (Å²) in [7, 11) is 0. The number of fused-ring (bicyclic) bond motifs is 1. The zero-order chi connectivity index (χ0) is 16.6. The lowest BCUT2D eigenvalue weighted by atomic mass is 9.75. The minimum atomic E-state index is 0.125. The van der Waals surface area contributed by atoms with Crippen molar-refractivity contribution >= 4 is 11.8 Å². The Morgan fingerprint density at radius 2 is 1.62 bits per heavy atom. The number of hydrogen-bond acceptors (Lipinski definition) is 2. The van der Waals surface area contributed by atoms with Crippen molar-refractivity contribution in [1.82, 2.24) is 9.80 Å². The van der Waals surface area contributed by atoms with Gasteiger partial charge >= 0.3 is 0 Å². The lowest BCUT2D eigenvalue weighted by molar-refractivity contribution is -0.142. The largest absolute Gasteiger partial charge is 0.338 e. The maximum atomic E-state index is 12.6. The van der Waals surface area contributed by atoms with Crippen LogP contribution >= 0.6 is 0 Å². The van der Waals surface area contributed by atoms with Gasteiger partial charge in [-0.05, 0) is 49.7 Å². The first kappa shape index (κ1) is 15.7. The van der Waals surface area contributed by atoms with Gasteiger partial charge in [-0.25, -0.2) is 0 Å². The minimum absolute atomic E-state index is 0.125. The van der Waals surface area contributed by atoms with Gasteiger partial charge in [0.25, 0.3) is 0 Å². The molecule has 1 saturated carbocycles. The Morgan fingerprint density at radius 3 is 2.38 bits per heavy atom. The molecule has 3 aliphatic rings. The second kappa shape index (κ2) is 6.23. The van der Waals surface area contributed by atoms with E-state index in [1.165, 1.54) is 17.5 Å². The first-order valence-corrected chi connectivity index (χ1v) is 9.33. The van der Waals surface area contributed by atoms with E-state index < -0.39 is 0 Å². The normalized spacial score (nSPS) is 21.5. The molecule has 0 unspecified atom stereocenters. The highest BCUT2D eigenvalue weighted by atomic mass is 16.2. The number of nitrogens with zero attached hydrogens (tertiary/aromatic N) is 2. The molecule has 1 saturated heterocycles. The lowest BCUT2D eigenvalue weighted by Gasteiger charge is -2.46. The van der Waals surface area contributed by atoms with Gasteiger partial charge < -0.3 is 9.80 Å². The van der Waals surface area contributed by atoms with Crippen LogP contribution in [0.25, 0.3) is 0 Å². The molecular formula is C20H26N2O2. The molecule has 0 radical (unpaired) electrons. The predicted octanol–water partition coefficient (Wildman–Crippen LogP) is 2.90. The number of hydrogen-bond donors (Lipinski definition) is 0. The van der Waals surface area contributed by atoms with E-state index in [1.54, 1.807) is 0 Å². The molecule has 2 aliphatic heterocycles. The van der Waals surface area contributed by atoms with Crippen LogP contribution in [0.4, 0.5) is 0 Å². The molecule has 4 nitrogen and oxygen atoms in total. The van der Waals surface area contributed by atoms with Crippen LogP contribution in [0.2, 0.25) is 0 Å². The molecular weight excluding hydrogens is 300 g/mol. The van der Waals surface area contributed by atoms with Gasteiger partial charge in [-0.15, -0.1) is 0 Å². The van der Waals surface area contributed by atoms with Crippen LogP contribution in [-0.2, 0) is 22.6 Å². The lowest BCUT2D eigenvalue weighted by Crippen LogP contribution is -2.52. The van der Waals surface area contributed by atoms with Crippen LogP contribution in [0.15, 0.2) is 24.3 Å². The molecule has 128 valence electrons. The first-order valence-electron chi connectivity index (χ1n) is 9.33. The number of carbonyl (C=O) groups excluding carboxylic acids is 2. The third-order valence-corrected chi connectivity index (χ3v) is 6.22. The van der Waals surface area contributed by atoms with Crippen LogP contribution in [0.3, 0.4) is 0 Å². The van der Waals surface area contributed by atoms with E-state index in [0.717, 1.165) is 45.2 Å². The summed E-state index contributed by atoms with van der Waals surface area (Å²) in [6.07, 6.45) is 7.51. The van der Waals surface area contributed by atoms with Crippen LogP contribution in [0.1, 0.15) is 56.1 Å². The van der Waals surface area contributed by atoms with E-state index in [2.05, 4.69) is 23.1 Å². The summed E-state index contributed by atoms with van der Waals surface area (Å²) in [6.45, 7) is 2.36. The number of likely N-dealkylation sites (tertiary alicyclic amines) is 1. The van der Waals surface area contributed by atoms with Crippen molar-refractivity contribution in [2.45, 2.75) is 63.5 Å². The summed E-state index contributed by atoms with van der Waals surface area (Å²) in [6, 6.07) is 8.33. The summed E-state index contributed by atoms with van der Waals surface area (Å²) >= 11 is 0. The number of amides is 2. The third-order valence-electron chi connectivity index (χ3n) is 6.22. The van der Waals surface area contributed by atoms with Crippen molar-refractivity contribution in [2.75, 3.05) is 13.1 Å². The van der Waals surface area contributed by atoms with Crippen molar-refractivity contribution in [3.63, 3.8) is 0 Å². The van der Waals surface area contributed by atoms with E-state index in [4.69, 9.17) is 0 Å². The van der Waals surface area contributed by atoms with E-state index >= 15 is 0 Å². The van der Waals surface area contributed by atoms with Crippen LogP contribution in [0.5, 0.6) is 0 Å². The minimum Gasteiger partial charge on any atom is -0.338 e. The number of carbonyl (C=O) groups is 2. The maximum Gasteiger partial charge on any atom is 0.223 e. The molecule has 2 fully saturated rings. The van der Waals surface area contributed by atoms with E-state index in [1.807, 2.05) is 11.0 Å². The fraction of sp³-hybridized carbons (Fsp3) is 0.600. The van der Waals surface area contributed by atoms with E-state index in [-0.39, 0.29) is 17.4 Å². The van der Waals surface area contributed by atoms with Gasteiger partial charge in [0, 0.05) is 38.0 Å². The van der Waals surface area contributed by atoms with Crippen LogP contribution < -0.4 is 0 Å². The SMILES string of the molecule is O=C(CCC(=O)N1CCCC12CCC2)N1CCc2ccccc2C1. The topological polar surface area (TPSA) is 40.6 Å². The van der Waals surface area contributed by atoms with E-state index in [9.17, 15) is 9.59 Å². The zero-order valence-electron chi connectivity index (χ0n) is 14.3. The predicted molar refractivity (Wildman–Crippen MR) is 92.3 cm³/mol. The van der Waals surface area contributed by atoms with Crippen molar-refractivity contribution in [3.8, 4) is 0 Å². The Kier molecular flexibility index (Phi) is 4.07. The summed E-state index contributed by atoms with van der Waals surface area (Å²) in [5, 5.41) is 0. The molecule has 2 amide bonds. The Morgan fingerprint density at radius 1 is 0.917 bits per heavy atom. The average molecular weight is 326 g/mol. The average Bonchev–Trinajstić information content (AvgIpc) is 3.04. The molecule has 0 atom stereocenters. The molecule has 1 spiro atoms. The second-order valence-electron chi connectivity index (χ2n) is 7.56. The summed E-state index contributed by atoms with van der Waals surface area (Å²) < 4.78 is 0.